The summed E-state index contributed by atoms with van der Waals surface area (Å²) in [6, 6.07) is 0. The van der Waals surface area contributed by atoms with Crippen molar-refractivity contribution in [2.45, 2.75) is 53.0 Å². The maximum Gasteiger partial charge on any atom is 0.234 e. The number of halogens is 1. The molecule has 4 N–H and O–H groups in total. The van der Waals surface area contributed by atoms with Crippen LogP contribution in [0.3, 0.4) is 0 Å². The Kier molecular flexibility index (Phi) is 10.9. The van der Waals surface area contributed by atoms with Gasteiger partial charge in [0.2, 0.25) is 5.91 Å². The van der Waals surface area contributed by atoms with Crippen LogP contribution in [0.15, 0.2) is 4.99 Å². The molecule has 1 saturated heterocycles. The van der Waals surface area contributed by atoms with E-state index in [0.29, 0.717) is 24.3 Å². The Morgan fingerprint density at radius 2 is 1.88 bits per heavy atom. The maximum atomic E-state index is 12.0. The lowest BCUT2D eigenvalue weighted by Gasteiger charge is -2.32. The minimum absolute atomic E-state index is 0. The van der Waals surface area contributed by atoms with Gasteiger partial charge in [-0.2, -0.15) is 0 Å². The van der Waals surface area contributed by atoms with Crippen LogP contribution in [0, 0.1) is 11.8 Å². The van der Waals surface area contributed by atoms with Gasteiger partial charge in [-0.1, -0.05) is 13.8 Å². The van der Waals surface area contributed by atoms with Crippen molar-refractivity contribution in [3.8, 4) is 0 Å². The van der Waals surface area contributed by atoms with Gasteiger partial charge in [-0.25, -0.2) is 0 Å². The van der Waals surface area contributed by atoms with Crippen LogP contribution >= 0.6 is 24.0 Å². The summed E-state index contributed by atoms with van der Waals surface area (Å²) in [5, 5.41) is 6.24. The van der Waals surface area contributed by atoms with E-state index in [4.69, 9.17) is 5.73 Å². The molecule has 142 valence electrons. The summed E-state index contributed by atoms with van der Waals surface area (Å²) in [6.45, 7) is 14.3. The van der Waals surface area contributed by atoms with Gasteiger partial charge in [0.05, 0.1) is 6.54 Å². The number of aliphatic imine (C=N–C) groups is 1. The van der Waals surface area contributed by atoms with E-state index in [0.717, 1.165) is 39.0 Å². The number of hydrogen-bond donors (Lipinski definition) is 3. The summed E-state index contributed by atoms with van der Waals surface area (Å²) in [5.74, 6) is 1.78. The van der Waals surface area contributed by atoms with Crippen molar-refractivity contribution < 1.29 is 4.79 Å². The van der Waals surface area contributed by atoms with Gasteiger partial charge in [0.25, 0.3) is 0 Å². The number of hydrogen-bond acceptors (Lipinski definition) is 3. The molecule has 1 aliphatic heterocycles. The smallest absolute Gasteiger partial charge is 0.234 e. The summed E-state index contributed by atoms with van der Waals surface area (Å²) in [7, 11) is 0. The second kappa shape index (κ2) is 11.1. The van der Waals surface area contributed by atoms with Gasteiger partial charge in [-0.3, -0.25) is 14.7 Å². The number of nitrogens with two attached hydrogens (primary N) is 1. The molecule has 1 aliphatic rings. The first-order valence-corrected chi connectivity index (χ1v) is 8.73. The number of likely N-dealkylation sites (tertiary alicyclic amines) is 1. The summed E-state index contributed by atoms with van der Waals surface area (Å²) in [6.07, 6.45) is 2.18. The molecule has 0 aromatic heterocycles. The van der Waals surface area contributed by atoms with Gasteiger partial charge < -0.3 is 16.4 Å². The average molecular weight is 453 g/mol. The van der Waals surface area contributed by atoms with Gasteiger partial charge in [0.15, 0.2) is 5.96 Å². The summed E-state index contributed by atoms with van der Waals surface area (Å²) >= 11 is 0. The highest BCUT2D eigenvalue weighted by Crippen LogP contribution is 2.16. The van der Waals surface area contributed by atoms with Gasteiger partial charge in [-0.05, 0) is 58.5 Å². The molecule has 1 fully saturated rings. The average Bonchev–Trinajstić information content (AvgIpc) is 2.42. The molecule has 0 atom stereocenters. The van der Waals surface area contributed by atoms with Crippen LogP contribution in [-0.2, 0) is 4.79 Å². The predicted molar refractivity (Wildman–Crippen MR) is 112 cm³/mol. The van der Waals surface area contributed by atoms with Gasteiger partial charge >= 0.3 is 0 Å². The molecule has 0 radical (unpaired) electrons. The van der Waals surface area contributed by atoms with Crippen LogP contribution in [0.4, 0.5) is 0 Å². The molecule has 6 nitrogen and oxygen atoms in total. The zero-order valence-corrected chi connectivity index (χ0v) is 18.2. The predicted octanol–water partition coefficient (Wildman–Crippen LogP) is 1.79. The van der Waals surface area contributed by atoms with Crippen molar-refractivity contribution in [2.24, 2.45) is 22.6 Å². The normalized spacial score (nSPS) is 17.5. The monoisotopic (exact) mass is 453 g/mol. The fourth-order valence-corrected chi connectivity index (χ4v) is 2.60. The molecule has 0 saturated carbocycles. The largest absolute Gasteiger partial charge is 0.370 e. The van der Waals surface area contributed by atoms with Crippen molar-refractivity contribution in [2.75, 3.05) is 32.7 Å². The van der Waals surface area contributed by atoms with Crippen molar-refractivity contribution >= 4 is 35.8 Å². The SMILES string of the molecule is CC(C)CN=C(N)NCC1CCN(CC(=O)NC(C)(C)C)CC1.I. The zero-order valence-electron chi connectivity index (χ0n) is 15.9. The first-order valence-electron chi connectivity index (χ1n) is 8.73. The molecule has 1 heterocycles. The molecule has 0 aromatic rings. The van der Waals surface area contributed by atoms with Crippen molar-refractivity contribution in [1.29, 1.82) is 0 Å². The number of rotatable bonds is 6. The molecular formula is C17H36IN5O. The number of carbonyl (C=O) groups is 1. The van der Waals surface area contributed by atoms with Crippen LogP contribution in [-0.4, -0.2) is 55.0 Å². The number of guanidine groups is 1. The first-order chi connectivity index (χ1) is 10.7. The van der Waals surface area contributed by atoms with E-state index in [1.807, 2.05) is 20.8 Å². The summed E-state index contributed by atoms with van der Waals surface area (Å²) in [5.41, 5.74) is 5.71. The minimum Gasteiger partial charge on any atom is -0.370 e. The second-order valence-electron chi connectivity index (χ2n) is 8.02. The number of nitrogens with zero attached hydrogens (tertiary/aromatic N) is 2. The van der Waals surface area contributed by atoms with Crippen LogP contribution in [0.1, 0.15) is 47.5 Å². The highest BCUT2D eigenvalue weighted by molar-refractivity contribution is 14.0. The van der Waals surface area contributed by atoms with E-state index >= 15 is 0 Å². The van der Waals surface area contributed by atoms with Crippen molar-refractivity contribution in [1.82, 2.24) is 15.5 Å². The topological polar surface area (TPSA) is 82.8 Å². The van der Waals surface area contributed by atoms with E-state index in [1.165, 1.54) is 0 Å². The molecule has 0 spiro atoms. The van der Waals surface area contributed by atoms with Crippen molar-refractivity contribution in [3.05, 3.63) is 0 Å². The van der Waals surface area contributed by atoms with E-state index < -0.39 is 0 Å². The third-order valence-electron chi connectivity index (χ3n) is 3.79. The Bertz CT molecular complexity index is 398. The van der Waals surface area contributed by atoms with Crippen LogP contribution < -0.4 is 16.4 Å². The quantitative estimate of drug-likeness (QED) is 0.326. The zero-order chi connectivity index (χ0) is 17.5. The van der Waals surface area contributed by atoms with E-state index in [-0.39, 0.29) is 35.4 Å². The Hall–Kier alpha value is -0.570. The van der Waals surface area contributed by atoms with Crippen LogP contribution in [0.5, 0.6) is 0 Å². The summed E-state index contributed by atoms with van der Waals surface area (Å²) in [4.78, 5) is 18.5. The van der Waals surface area contributed by atoms with E-state index in [9.17, 15) is 4.79 Å². The highest BCUT2D eigenvalue weighted by Gasteiger charge is 2.22. The molecule has 7 heteroatoms. The molecule has 0 unspecified atom stereocenters. The number of amides is 1. The molecular weight excluding hydrogens is 417 g/mol. The lowest BCUT2D eigenvalue weighted by Crippen LogP contribution is -2.48. The Balaban J connectivity index is 0.00000529. The first kappa shape index (κ1) is 23.4. The highest BCUT2D eigenvalue weighted by atomic mass is 127. The Labute approximate surface area is 164 Å². The Morgan fingerprint density at radius 3 is 2.38 bits per heavy atom. The fourth-order valence-electron chi connectivity index (χ4n) is 2.60. The number of carbonyl (C=O) groups excluding carboxylic acids is 1. The third kappa shape index (κ3) is 11.1. The summed E-state index contributed by atoms with van der Waals surface area (Å²) < 4.78 is 0. The maximum absolute atomic E-state index is 12.0. The molecule has 0 bridgehead atoms. The standard InChI is InChI=1S/C17H35N5O.HI/c1-13(2)10-19-16(18)20-11-14-6-8-22(9-7-14)12-15(23)21-17(3,4)5;/h13-14H,6-12H2,1-5H3,(H,21,23)(H3,18,19,20);1H. The lowest BCUT2D eigenvalue weighted by atomic mass is 9.97. The lowest BCUT2D eigenvalue weighted by molar-refractivity contribution is -0.124. The third-order valence-corrected chi connectivity index (χ3v) is 3.79. The second-order valence-corrected chi connectivity index (χ2v) is 8.02. The molecule has 1 rings (SSSR count). The molecule has 24 heavy (non-hydrogen) atoms. The molecule has 0 aliphatic carbocycles. The number of nitrogens with one attached hydrogen (secondary N) is 2. The number of piperidine rings is 1. The molecule has 1 amide bonds. The minimum atomic E-state index is -0.161. The van der Waals surface area contributed by atoms with E-state index in [2.05, 4.69) is 34.4 Å². The van der Waals surface area contributed by atoms with E-state index in [1.54, 1.807) is 0 Å². The van der Waals surface area contributed by atoms with Crippen molar-refractivity contribution in [3.63, 3.8) is 0 Å². The van der Waals surface area contributed by atoms with Gasteiger partial charge in [0, 0.05) is 18.6 Å². The Morgan fingerprint density at radius 1 is 1.29 bits per heavy atom. The van der Waals surface area contributed by atoms with Gasteiger partial charge in [0.1, 0.15) is 0 Å². The molecule has 0 aromatic carbocycles. The van der Waals surface area contributed by atoms with Crippen LogP contribution in [0.2, 0.25) is 0 Å². The van der Waals surface area contributed by atoms with Gasteiger partial charge in [-0.15, -0.1) is 24.0 Å². The van der Waals surface area contributed by atoms with Crippen LogP contribution in [0.25, 0.3) is 0 Å². The fraction of sp³-hybridized carbons (Fsp3) is 0.882.